The monoisotopic (exact) mass is 333 g/mol. The molecule has 1 aliphatic heterocycles. The van der Waals surface area contributed by atoms with E-state index in [4.69, 9.17) is 9.15 Å². The van der Waals surface area contributed by atoms with Gasteiger partial charge in [0.25, 0.3) is 11.8 Å². The quantitative estimate of drug-likeness (QED) is 0.584. The van der Waals surface area contributed by atoms with E-state index < -0.39 is 11.8 Å². The Balaban J connectivity index is 1.56. The van der Waals surface area contributed by atoms with Crippen molar-refractivity contribution in [3.63, 3.8) is 0 Å². The minimum absolute atomic E-state index is 0.265. The highest BCUT2D eigenvalue weighted by atomic mass is 16.5. The van der Waals surface area contributed by atoms with Crippen LogP contribution in [0.15, 0.2) is 59.0 Å². The molecular formula is C19H11NO5. The molecule has 122 valence electrons. The fourth-order valence-electron chi connectivity index (χ4n) is 2.61. The molecule has 0 unspecified atom stereocenters. The number of fused-ring (bicyclic) bond motifs is 1. The number of benzene rings is 2. The molecule has 2 amide bonds. The van der Waals surface area contributed by atoms with Gasteiger partial charge in [-0.05, 0) is 54.6 Å². The third kappa shape index (κ3) is 2.70. The topological polar surface area (TPSA) is 85.6 Å². The van der Waals surface area contributed by atoms with Crippen molar-refractivity contribution < 1.29 is 23.5 Å². The van der Waals surface area contributed by atoms with Gasteiger partial charge in [-0.15, -0.1) is 0 Å². The predicted octanol–water partition coefficient (Wildman–Crippen LogP) is 3.44. The number of hydrogen-bond donors (Lipinski definition) is 1. The lowest BCUT2D eigenvalue weighted by atomic mass is 10.1. The van der Waals surface area contributed by atoms with Gasteiger partial charge >= 0.3 is 0 Å². The number of carbonyl (C=O) groups is 3. The number of nitrogens with one attached hydrogen (secondary N) is 1. The summed E-state index contributed by atoms with van der Waals surface area (Å²) in [5.74, 6) is 1.05. The molecule has 1 N–H and O–H groups in total. The van der Waals surface area contributed by atoms with Crippen molar-refractivity contribution in [3.05, 3.63) is 71.5 Å². The van der Waals surface area contributed by atoms with Gasteiger partial charge < -0.3 is 9.15 Å². The molecule has 0 bridgehead atoms. The summed E-state index contributed by atoms with van der Waals surface area (Å²) >= 11 is 0. The zero-order valence-corrected chi connectivity index (χ0v) is 12.8. The molecule has 2 aromatic carbocycles. The van der Waals surface area contributed by atoms with Crippen LogP contribution in [0.3, 0.4) is 0 Å². The summed E-state index contributed by atoms with van der Waals surface area (Å²) in [4.78, 5) is 33.9. The summed E-state index contributed by atoms with van der Waals surface area (Å²) in [6.07, 6.45) is 0.649. The molecule has 1 aliphatic rings. The van der Waals surface area contributed by atoms with Crippen molar-refractivity contribution in [2.45, 2.75) is 0 Å². The minimum atomic E-state index is -0.426. The number of ether oxygens (including phenoxy) is 1. The van der Waals surface area contributed by atoms with Crippen LogP contribution in [-0.4, -0.2) is 18.1 Å². The second-order valence-corrected chi connectivity index (χ2v) is 5.44. The van der Waals surface area contributed by atoms with E-state index >= 15 is 0 Å². The highest BCUT2D eigenvalue weighted by Crippen LogP contribution is 2.29. The van der Waals surface area contributed by atoms with Gasteiger partial charge in [0.05, 0.1) is 11.1 Å². The first-order chi connectivity index (χ1) is 12.1. The van der Waals surface area contributed by atoms with Crippen LogP contribution in [0.1, 0.15) is 31.3 Å². The van der Waals surface area contributed by atoms with E-state index in [1.165, 1.54) is 6.07 Å². The zero-order chi connectivity index (χ0) is 17.4. The highest BCUT2D eigenvalue weighted by molar-refractivity contribution is 6.21. The van der Waals surface area contributed by atoms with Gasteiger partial charge in [0.1, 0.15) is 17.3 Å². The Labute approximate surface area is 142 Å². The van der Waals surface area contributed by atoms with Gasteiger partial charge in [-0.25, -0.2) is 0 Å². The number of imide groups is 1. The van der Waals surface area contributed by atoms with E-state index in [0.29, 0.717) is 34.7 Å². The molecule has 3 aromatic rings. The number of furan rings is 1. The van der Waals surface area contributed by atoms with E-state index in [2.05, 4.69) is 5.32 Å². The van der Waals surface area contributed by atoms with Gasteiger partial charge in [0.15, 0.2) is 12.0 Å². The average Bonchev–Trinajstić information content (AvgIpc) is 3.21. The smallest absolute Gasteiger partial charge is 0.259 e. The molecule has 6 heteroatoms. The van der Waals surface area contributed by atoms with Gasteiger partial charge in [-0.2, -0.15) is 0 Å². The molecule has 25 heavy (non-hydrogen) atoms. The second-order valence-electron chi connectivity index (χ2n) is 5.44. The fourth-order valence-corrected chi connectivity index (χ4v) is 2.61. The summed E-state index contributed by atoms with van der Waals surface area (Å²) in [5, 5.41) is 2.24. The van der Waals surface area contributed by atoms with Crippen LogP contribution in [0, 0.1) is 0 Å². The van der Waals surface area contributed by atoms with Crippen LogP contribution in [0.5, 0.6) is 11.5 Å². The van der Waals surface area contributed by atoms with Crippen molar-refractivity contribution >= 4 is 18.1 Å². The van der Waals surface area contributed by atoms with Gasteiger partial charge in [0.2, 0.25) is 0 Å². The van der Waals surface area contributed by atoms with Crippen LogP contribution in [0.25, 0.3) is 11.3 Å². The minimum Gasteiger partial charge on any atom is -0.457 e. The lowest BCUT2D eigenvalue weighted by Gasteiger charge is -2.07. The van der Waals surface area contributed by atoms with Gasteiger partial charge in [-0.1, -0.05) is 0 Å². The van der Waals surface area contributed by atoms with E-state index in [-0.39, 0.29) is 5.76 Å². The summed E-state index contributed by atoms with van der Waals surface area (Å²) in [6, 6.07) is 15.1. The van der Waals surface area contributed by atoms with E-state index in [0.717, 1.165) is 5.56 Å². The van der Waals surface area contributed by atoms with Crippen molar-refractivity contribution in [3.8, 4) is 22.8 Å². The molecule has 0 atom stereocenters. The van der Waals surface area contributed by atoms with Crippen LogP contribution >= 0.6 is 0 Å². The molecule has 1 aromatic heterocycles. The molecule has 0 spiro atoms. The first-order valence-corrected chi connectivity index (χ1v) is 7.47. The number of amides is 2. The van der Waals surface area contributed by atoms with E-state index in [9.17, 15) is 14.4 Å². The maximum atomic E-state index is 11.7. The average molecular weight is 333 g/mol. The predicted molar refractivity (Wildman–Crippen MR) is 87.8 cm³/mol. The summed E-state index contributed by atoms with van der Waals surface area (Å²) in [6.45, 7) is 0. The first-order valence-electron chi connectivity index (χ1n) is 7.47. The normalized spacial score (nSPS) is 12.6. The Kier molecular flexibility index (Phi) is 3.43. The van der Waals surface area contributed by atoms with Crippen molar-refractivity contribution in [2.75, 3.05) is 0 Å². The fraction of sp³-hybridized carbons (Fsp3) is 0. The van der Waals surface area contributed by atoms with Crippen LogP contribution < -0.4 is 10.1 Å². The Morgan fingerprint density at radius 3 is 2.28 bits per heavy atom. The highest BCUT2D eigenvalue weighted by Gasteiger charge is 2.26. The largest absolute Gasteiger partial charge is 0.457 e. The molecule has 0 aliphatic carbocycles. The summed E-state index contributed by atoms with van der Waals surface area (Å²) in [5.41, 5.74) is 1.45. The van der Waals surface area contributed by atoms with Crippen LogP contribution in [0.4, 0.5) is 0 Å². The van der Waals surface area contributed by atoms with Crippen molar-refractivity contribution in [1.29, 1.82) is 0 Å². The Morgan fingerprint density at radius 2 is 1.56 bits per heavy atom. The number of carbonyl (C=O) groups excluding carboxylic acids is 3. The summed E-state index contributed by atoms with van der Waals surface area (Å²) < 4.78 is 11.1. The molecular weight excluding hydrogens is 322 g/mol. The first kappa shape index (κ1) is 14.9. The molecule has 6 nitrogen and oxygen atoms in total. The molecule has 0 fully saturated rings. The number of aldehydes is 1. The SMILES string of the molecule is O=Cc1ccc(-c2ccc(Oc3ccc4c(c3)C(=O)NC4=O)cc2)o1. The standard InChI is InChI=1S/C19H11NO5/c21-10-14-6-8-17(25-14)11-1-3-12(4-2-11)24-13-5-7-15-16(9-13)19(23)20-18(15)22/h1-10H,(H,20,22,23). The lowest BCUT2D eigenvalue weighted by molar-refractivity contribution is 0.0879. The van der Waals surface area contributed by atoms with E-state index in [1.54, 1.807) is 48.5 Å². The maximum absolute atomic E-state index is 11.7. The van der Waals surface area contributed by atoms with Gasteiger partial charge in [-0.3, -0.25) is 19.7 Å². The third-order valence-electron chi connectivity index (χ3n) is 3.82. The van der Waals surface area contributed by atoms with E-state index in [1.807, 2.05) is 0 Å². The van der Waals surface area contributed by atoms with Crippen LogP contribution in [-0.2, 0) is 0 Å². The molecule has 4 rings (SSSR count). The lowest BCUT2D eigenvalue weighted by Crippen LogP contribution is -2.19. The zero-order valence-electron chi connectivity index (χ0n) is 12.8. The van der Waals surface area contributed by atoms with Crippen molar-refractivity contribution in [1.82, 2.24) is 5.32 Å². The van der Waals surface area contributed by atoms with Crippen molar-refractivity contribution in [2.24, 2.45) is 0 Å². The Hall–Kier alpha value is -3.67. The third-order valence-corrected chi connectivity index (χ3v) is 3.82. The Bertz CT molecular complexity index is 1000. The number of hydrogen-bond acceptors (Lipinski definition) is 5. The summed E-state index contributed by atoms with van der Waals surface area (Å²) in [7, 11) is 0. The molecule has 2 heterocycles. The Morgan fingerprint density at radius 1 is 0.840 bits per heavy atom. The molecule has 0 radical (unpaired) electrons. The second kappa shape index (κ2) is 5.76. The molecule has 0 saturated heterocycles. The number of rotatable bonds is 4. The van der Waals surface area contributed by atoms with Gasteiger partial charge in [0, 0.05) is 5.56 Å². The molecule has 0 saturated carbocycles. The maximum Gasteiger partial charge on any atom is 0.259 e. The van der Waals surface area contributed by atoms with Crippen LogP contribution in [0.2, 0.25) is 0 Å².